The molecule has 1 rings (SSSR count). The molecule has 0 radical (unpaired) electrons. The Kier molecular flexibility index (Phi) is 8.64. The fourth-order valence-electron chi connectivity index (χ4n) is 2.34. The molecular formula is C15H31NO2. The van der Waals surface area contributed by atoms with Crippen molar-refractivity contribution in [3.63, 3.8) is 0 Å². The van der Waals surface area contributed by atoms with Gasteiger partial charge in [-0.3, -0.25) is 0 Å². The SMILES string of the molecule is CC(C)COCCOCCNC1CCC(C)CC1. The van der Waals surface area contributed by atoms with E-state index in [1.54, 1.807) is 0 Å². The van der Waals surface area contributed by atoms with Gasteiger partial charge < -0.3 is 14.8 Å². The third-order valence-electron chi connectivity index (χ3n) is 3.52. The van der Waals surface area contributed by atoms with Crippen LogP contribution in [0.15, 0.2) is 0 Å². The van der Waals surface area contributed by atoms with Crippen LogP contribution in [-0.2, 0) is 9.47 Å². The second kappa shape index (κ2) is 9.76. The van der Waals surface area contributed by atoms with E-state index in [1.165, 1.54) is 25.7 Å². The van der Waals surface area contributed by atoms with E-state index in [9.17, 15) is 0 Å². The summed E-state index contributed by atoms with van der Waals surface area (Å²) in [4.78, 5) is 0. The van der Waals surface area contributed by atoms with Crippen LogP contribution in [0.2, 0.25) is 0 Å². The molecule has 1 aliphatic rings. The highest BCUT2D eigenvalue weighted by molar-refractivity contribution is 4.74. The van der Waals surface area contributed by atoms with Crippen LogP contribution < -0.4 is 5.32 Å². The summed E-state index contributed by atoms with van der Waals surface area (Å²) in [6, 6.07) is 0.724. The molecule has 0 bridgehead atoms. The van der Waals surface area contributed by atoms with Crippen molar-refractivity contribution in [2.24, 2.45) is 11.8 Å². The van der Waals surface area contributed by atoms with Gasteiger partial charge >= 0.3 is 0 Å². The molecule has 0 spiro atoms. The van der Waals surface area contributed by atoms with Gasteiger partial charge in [0.1, 0.15) is 0 Å². The smallest absolute Gasteiger partial charge is 0.0701 e. The van der Waals surface area contributed by atoms with E-state index < -0.39 is 0 Å². The van der Waals surface area contributed by atoms with Crippen LogP contribution in [0.1, 0.15) is 46.5 Å². The van der Waals surface area contributed by atoms with E-state index in [2.05, 4.69) is 26.1 Å². The number of nitrogens with one attached hydrogen (secondary N) is 1. The maximum atomic E-state index is 5.54. The first kappa shape index (κ1) is 15.9. The lowest BCUT2D eigenvalue weighted by Gasteiger charge is -2.26. The standard InChI is InChI=1S/C15H31NO2/c1-13(2)12-18-11-10-17-9-8-16-15-6-4-14(3)5-7-15/h13-16H,4-12H2,1-3H3. The lowest BCUT2D eigenvalue weighted by Crippen LogP contribution is -2.35. The van der Waals surface area contributed by atoms with Crippen molar-refractivity contribution in [1.82, 2.24) is 5.32 Å². The Bertz CT molecular complexity index is 189. The van der Waals surface area contributed by atoms with E-state index in [0.29, 0.717) is 5.92 Å². The van der Waals surface area contributed by atoms with E-state index in [4.69, 9.17) is 9.47 Å². The predicted molar refractivity (Wildman–Crippen MR) is 75.9 cm³/mol. The molecule has 0 saturated heterocycles. The summed E-state index contributed by atoms with van der Waals surface area (Å²) in [6.07, 6.45) is 5.42. The lowest BCUT2D eigenvalue weighted by molar-refractivity contribution is 0.0379. The Morgan fingerprint density at radius 3 is 2.33 bits per heavy atom. The van der Waals surface area contributed by atoms with Crippen molar-refractivity contribution in [2.45, 2.75) is 52.5 Å². The zero-order valence-electron chi connectivity index (χ0n) is 12.4. The molecule has 0 aliphatic heterocycles. The van der Waals surface area contributed by atoms with Gasteiger partial charge in [-0.1, -0.05) is 20.8 Å². The first-order valence-corrected chi connectivity index (χ1v) is 7.57. The zero-order valence-corrected chi connectivity index (χ0v) is 12.4. The third kappa shape index (κ3) is 8.06. The Hall–Kier alpha value is -0.120. The fourth-order valence-corrected chi connectivity index (χ4v) is 2.34. The van der Waals surface area contributed by atoms with Gasteiger partial charge in [-0.25, -0.2) is 0 Å². The molecule has 0 atom stereocenters. The molecule has 0 unspecified atom stereocenters. The summed E-state index contributed by atoms with van der Waals surface area (Å²) in [6.45, 7) is 10.7. The molecule has 0 heterocycles. The maximum absolute atomic E-state index is 5.54. The first-order valence-electron chi connectivity index (χ1n) is 7.57. The van der Waals surface area contributed by atoms with Crippen molar-refractivity contribution in [3.8, 4) is 0 Å². The van der Waals surface area contributed by atoms with Crippen LogP contribution >= 0.6 is 0 Å². The number of rotatable bonds is 9. The third-order valence-corrected chi connectivity index (χ3v) is 3.52. The second-order valence-electron chi connectivity index (χ2n) is 5.99. The molecular weight excluding hydrogens is 226 g/mol. The van der Waals surface area contributed by atoms with Gasteiger partial charge in [-0.15, -0.1) is 0 Å². The highest BCUT2D eigenvalue weighted by Crippen LogP contribution is 2.23. The summed E-state index contributed by atoms with van der Waals surface area (Å²) in [5.41, 5.74) is 0. The molecule has 1 N–H and O–H groups in total. The highest BCUT2D eigenvalue weighted by atomic mass is 16.5. The minimum atomic E-state index is 0.611. The average molecular weight is 257 g/mol. The quantitative estimate of drug-likeness (QED) is 0.644. The summed E-state index contributed by atoms with van der Waals surface area (Å²) in [7, 11) is 0. The van der Waals surface area contributed by atoms with Crippen LogP contribution in [0.25, 0.3) is 0 Å². The van der Waals surface area contributed by atoms with Crippen LogP contribution in [0, 0.1) is 11.8 Å². The molecule has 18 heavy (non-hydrogen) atoms. The normalized spacial score (nSPS) is 24.7. The highest BCUT2D eigenvalue weighted by Gasteiger charge is 2.16. The van der Waals surface area contributed by atoms with Crippen molar-refractivity contribution < 1.29 is 9.47 Å². The van der Waals surface area contributed by atoms with Gasteiger partial charge in [0.2, 0.25) is 0 Å². The van der Waals surface area contributed by atoms with E-state index in [0.717, 1.165) is 44.9 Å². The van der Waals surface area contributed by atoms with Gasteiger partial charge in [0, 0.05) is 19.2 Å². The molecule has 0 aromatic heterocycles. The maximum Gasteiger partial charge on any atom is 0.0701 e. The van der Waals surface area contributed by atoms with Gasteiger partial charge in [-0.05, 0) is 37.5 Å². The van der Waals surface area contributed by atoms with Crippen molar-refractivity contribution in [3.05, 3.63) is 0 Å². The Labute approximate surface area is 113 Å². The molecule has 108 valence electrons. The molecule has 1 saturated carbocycles. The second-order valence-corrected chi connectivity index (χ2v) is 5.99. The summed E-state index contributed by atoms with van der Waals surface area (Å²) >= 11 is 0. The summed E-state index contributed by atoms with van der Waals surface area (Å²) in [5, 5.41) is 3.59. The van der Waals surface area contributed by atoms with Crippen molar-refractivity contribution in [1.29, 1.82) is 0 Å². The van der Waals surface area contributed by atoms with E-state index in [1.807, 2.05) is 0 Å². The van der Waals surface area contributed by atoms with Crippen LogP contribution in [0.5, 0.6) is 0 Å². The molecule has 1 aliphatic carbocycles. The predicted octanol–water partition coefficient (Wildman–Crippen LogP) is 2.84. The number of ether oxygens (including phenoxy) is 2. The zero-order chi connectivity index (χ0) is 13.2. The van der Waals surface area contributed by atoms with E-state index in [-0.39, 0.29) is 0 Å². The van der Waals surface area contributed by atoms with Gasteiger partial charge in [-0.2, -0.15) is 0 Å². The van der Waals surface area contributed by atoms with Gasteiger partial charge in [0.25, 0.3) is 0 Å². The Morgan fingerprint density at radius 2 is 1.67 bits per heavy atom. The van der Waals surface area contributed by atoms with Crippen LogP contribution in [0.4, 0.5) is 0 Å². The Balaban J connectivity index is 1.81. The van der Waals surface area contributed by atoms with Crippen LogP contribution in [0.3, 0.4) is 0 Å². The fraction of sp³-hybridized carbons (Fsp3) is 1.00. The molecule has 0 aromatic carbocycles. The van der Waals surface area contributed by atoms with Gasteiger partial charge in [0.05, 0.1) is 19.8 Å². The lowest BCUT2D eigenvalue weighted by atomic mass is 9.87. The van der Waals surface area contributed by atoms with Crippen LogP contribution in [-0.4, -0.2) is 39.0 Å². The average Bonchev–Trinajstić information content (AvgIpc) is 2.34. The number of hydrogen-bond donors (Lipinski definition) is 1. The van der Waals surface area contributed by atoms with Gasteiger partial charge in [0.15, 0.2) is 0 Å². The molecule has 1 fully saturated rings. The molecule has 3 heteroatoms. The summed E-state index contributed by atoms with van der Waals surface area (Å²) < 4.78 is 11.0. The van der Waals surface area contributed by atoms with Crippen molar-refractivity contribution >= 4 is 0 Å². The molecule has 3 nitrogen and oxygen atoms in total. The largest absolute Gasteiger partial charge is 0.379 e. The monoisotopic (exact) mass is 257 g/mol. The minimum Gasteiger partial charge on any atom is -0.379 e. The molecule has 0 aromatic rings. The number of hydrogen-bond acceptors (Lipinski definition) is 3. The first-order chi connectivity index (χ1) is 8.68. The minimum absolute atomic E-state index is 0.611. The topological polar surface area (TPSA) is 30.5 Å². The summed E-state index contributed by atoms with van der Waals surface area (Å²) in [5.74, 6) is 1.54. The Morgan fingerprint density at radius 1 is 1.00 bits per heavy atom. The van der Waals surface area contributed by atoms with Crippen molar-refractivity contribution in [2.75, 3.05) is 33.0 Å². The van der Waals surface area contributed by atoms with E-state index >= 15 is 0 Å². The molecule has 0 amide bonds.